The van der Waals surface area contributed by atoms with Crippen LogP contribution in [-0.2, 0) is 9.59 Å². The SMILES string of the molecule is C[C@H]1C(=O)N([C@@H](CCN2CCC3(CC3)[C@H](O)C2)C(=O)N(C)C)CCN1C(=O)Nc1cccc(Cl)c1. The quantitative estimate of drug-likeness (QED) is 0.617. The molecular weight excluding hydrogens is 470 g/mol. The summed E-state index contributed by atoms with van der Waals surface area (Å²) in [6.45, 7) is 4.45. The highest BCUT2D eigenvalue weighted by molar-refractivity contribution is 6.30. The van der Waals surface area contributed by atoms with E-state index in [1.165, 1.54) is 9.80 Å². The van der Waals surface area contributed by atoms with Gasteiger partial charge in [-0.1, -0.05) is 17.7 Å². The molecule has 2 N–H and O–H groups in total. The minimum absolute atomic E-state index is 0.126. The fourth-order valence-electron chi connectivity index (χ4n) is 5.28. The number of hydrogen-bond donors (Lipinski definition) is 2. The number of urea groups is 1. The summed E-state index contributed by atoms with van der Waals surface area (Å²) in [6, 6.07) is 5.17. The van der Waals surface area contributed by atoms with E-state index in [1.807, 2.05) is 0 Å². The second kappa shape index (κ2) is 10.3. The van der Waals surface area contributed by atoms with Crippen molar-refractivity contribution in [3.63, 3.8) is 0 Å². The summed E-state index contributed by atoms with van der Waals surface area (Å²) in [4.78, 5) is 46.2. The molecule has 3 aliphatic rings. The van der Waals surface area contributed by atoms with E-state index in [1.54, 1.807) is 50.2 Å². The maximum atomic E-state index is 13.4. The lowest BCUT2D eigenvalue weighted by Gasteiger charge is -2.43. The molecule has 0 radical (unpaired) electrons. The van der Waals surface area contributed by atoms with Crippen molar-refractivity contribution in [2.75, 3.05) is 52.1 Å². The number of amides is 4. The Hall–Kier alpha value is -2.36. The van der Waals surface area contributed by atoms with Gasteiger partial charge in [0.15, 0.2) is 0 Å². The molecule has 35 heavy (non-hydrogen) atoms. The molecule has 4 amide bonds. The van der Waals surface area contributed by atoms with Crippen LogP contribution in [0.15, 0.2) is 24.3 Å². The van der Waals surface area contributed by atoms with Crippen molar-refractivity contribution in [2.24, 2.45) is 5.41 Å². The van der Waals surface area contributed by atoms with Crippen molar-refractivity contribution in [3.8, 4) is 0 Å². The number of aliphatic hydroxyl groups excluding tert-OH is 1. The molecule has 1 saturated carbocycles. The van der Waals surface area contributed by atoms with Crippen LogP contribution in [0.25, 0.3) is 0 Å². The van der Waals surface area contributed by atoms with E-state index in [0.29, 0.717) is 36.8 Å². The number of rotatable bonds is 6. The smallest absolute Gasteiger partial charge is 0.322 e. The van der Waals surface area contributed by atoms with E-state index in [4.69, 9.17) is 11.6 Å². The van der Waals surface area contributed by atoms with Crippen molar-refractivity contribution in [1.29, 1.82) is 0 Å². The average molecular weight is 506 g/mol. The molecule has 1 spiro atoms. The van der Waals surface area contributed by atoms with Gasteiger partial charge in [-0.25, -0.2) is 4.79 Å². The molecule has 1 aromatic rings. The average Bonchev–Trinajstić information content (AvgIpc) is 3.59. The Morgan fingerprint density at radius 2 is 1.97 bits per heavy atom. The number of anilines is 1. The highest BCUT2D eigenvalue weighted by Gasteiger charge is 2.51. The number of piperazine rings is 1. The minimum atomic E-state index is -0.702. The zero-order valence-electron chi connectivity index (χ0n) is 20.7. The summed E-state index contributed by atoms with van der Waals surface area (Å²) in [5, 5.41) is 13.8. The third kappa shape index (κ3) is 5.57. The van der Waals surface area contributed by atoms with Gasteiger partial charge in [0.05, 0.1) is 6.10 Å². The van der Waals surface area contributed by atoms with Gasteiger partial charge in [-0.3, -0.25) is 9.59 Å². The molecule has 0 bridgehead atoms. The first-order valence-electron chi connectivity index (χ1n) is 12.4. The topological polar surface area (TPSA) is 96.4 Å². The van der Waals surface area contributed by atoms with E-state index in [0.717, 1.165) is 25.8 Å². The van der Waals surface area contributed by atoms with Crippen LogP contribution in [0.4, 0.5) is 10.5 Å². The number of nitrogens with zero attached hydrogens (tertiary/aromatic N) is 4. The second-order valence-corrected chi connectivity index (χ2v) is 10.7. The lowest BCUT2D eigenvalue weighted by Crippen LogP contribution is -2.63. The van der Waals surface area contributed by atoms with Gasteiger partial charge in [0.25, 0.3) is 0 Å². The summed E-state index contributed by atoms with van der Waals surface area (Å²) >= 11 is 6.01. The van der Waals surface area contributed by atoms with Crippen LogP contribution in [0, 0.1) is 5.41 Å². The Bertz CT molecular complexity index is 969. The molecule has 9 nitrogen and oxygen atoms in total. The molecule has 2 heterocycles. The van der Waals surface area contributed by atoms with E-state index in [-0.39, 0.29) is 35.9 Å². The number of likely N-dealkylation sites (N-methyl/N-ethyl adjacent to an activating group) is 1. The van der Waals surface area contributed by atoms with Crippen molar-refractivity contribution in [3.05, 3.63) is 29.3 Å². The number of carbonyl (C=O) groups excluding carboxylic acids is 3. The van der Waals surface area contributed by atoms with Gasteiger partial charge >= 0.3 is 6.03 Å². The Balaban J connectivity index is 1.39. The van der Waals surface area contributed by atoms with Crippen molar-refractivity contribution in [1.82, 2.24) is 19.6 Å². The van der Waals surface area contributed by atoms with Crippen molar-refractivity contribution in [2.45, 2.75) is 50.8 Å². The van der Waals surface area contributed by atoms with Crippen LogP contribution >= 0.6 is 11.6 Å². The van der Waals surface area contributed by atoms with Crippen LogP contribution in [0.1, 0.15) is 32.6 Å². The first kappa shape index (κ1) is 25.7. The molecule has 4 rings (SSSR count). The van der Waals surface area contributed by atoms with Gasteiger partial charge in [-0.15, -0.1) is 0 Å². The summed E-state index contributed by atoms with van der Waals surface area (Å²) in [6.07, 6.45) is 3.36. The molecule has 2 saturated heterocycles. The van der Waals surface area contributed by atoms with Crippen LogP contribution < -0.4 is 5.32 Å². The van der Waals surface area contributed by atoms with Gasteiger partial charge < -0.3 is 30.0 Å². The fraction of sp³-hybridized carbons (Fsp3) is 0.640. The summed E-state index contributed by atoms with van der Waals surface area (Å²) < 4.78 is 0. The Kier molecular flexibility index (Phi) is 7.59. The third-order valence-corrected chi connectivity index (χ3v) is 8.04. The molecular formula is C25H36ClN5O4. The van der Waals surface area contributed by atoms with Gasteiger partial charge in [-0.05, 0) is 62.8 Å². The van der Waals surface area contributed by atoms with Gasteiger partial charge in [0.1, 0.15) is 12.1 Å². The van der Waals surface area contributed by atoms with Crippen molar-refractivity contribution >= 4 is 35.1 Å². The predicted octanol–water partition coefficient (Wildman–Crippen LogP) is 2.10. The van der Waals surface area contributed by atoms with Gasteiger partial charge in [0.2, 0.25) is 11.8 Å². The second-order valence-electron chi connectivity index (χ2n) is 10.3. The molecule has 192 valence electrons. The van der Waals surface area contributed by atoms with Crippen LogP contribution in [0.5, 0.6) is 0 Å². The lowest BCUT2D eigenvalue weighted by atomic mass is 9.90. The number of likely N-dealkylation sites (tertiary alicyclic amines) is 1. The molecule has 2 aliphatic heterocycles. The third-order valence-electron chi connectivity index (χ3n) is 7.80. The number of halogens is 1. The molecule has 0 unspecified atom stereocenters. The summed E-state index contributed by atoms with van der Waals surface area (Å²) in [5.41, 5.74) is 0.685. The zero-order valence-corrected chi connectivity index (χ0v) is 21.5. The molecule has 0 aromatic heterocycles. The number of β-amino-alcohol motifs (C(OH)–C–C–N with tert-alkyl or cyclic N) is 1. The minimum Gasteiger partial charge on any atom is -0.391 e. The number of nitrogens with one attached hydrogen (secondary N) is 1. The summed E-state index contributed by atoms with van der Waals surface area (Å²) in [5.74, 6) is -0.369. The molecule has 1 aromatic carbocycles. The number of benzene rings is 1. The molecule has 3 atom stereocenters. The highest BCUT2D eigenvalue weighted by atomic mass is 35.5. The molecule has 10 heteroatoms. The van der Waals surface area contributed by atoms with E-state index in [9.17, 15) is 19.5 Å². The maximum absolute atomic E-state index is 13.4. The van der Waals surface area contributed by atoms with E-state index in [2.05, 4.69) is 10.2 Å². The summed E-state index contributed by atoms with van der Waals surface area (Å²) in [7, 11) is 3.39. The van der Waals surface area contributed by atoms with Crippen molar-refractivity contribution < 1.29 is 19.5 Å². The Labute approximate surface area is 212 Å². The number of aliphatic hydroxyl groups is 1. The first-order valence-corrected chi connectivity index (χ1v) is 12.7. The van der Waals surface area contributed by atoms with Crippen LogP contribution in [0.3, 0.4) is 0 Å². The van der Waals surface area contributed by atoms with E-state index >= 15 is 0 Å². The fourth-order valence-corrected chi connectivity index (χ4v) is 5.47. The normalized spacial score (nSPS) is 24.9. The monoisotopic (exact) mass is 505 g/mol. The molecule has 1 aliphatic carbocycles. The van der Waals surface area contributed by atoms with Crippen LogP contribution in [0.2, 0.25) is 5.02 Å². The largest absolute Gasteiger partial charge is 0.391 e. The first-order chi connectivity index (χ1) is 16.6. The van der Waals surface area contributed by atoms with Crippen LogP contribution in [-0.4, -0.2) is 108 Å². The lowest BCUT2D eigenvalue weighted by molar-refractivity contribution is -0.150. The number of piperidine rings is 1. The van der Waals surface area contributed by atoms with E-state index < -0.39 is 12.1 Å². The predicted molar refractivity (Wildman–Crippen MR) is 134 cm³/mol. The molecule has 3 fully saturated rings. The van der Waals surface area contributed by atoms with Gasteiger partial charge in [-0.2, -0.15) is 0 Å². The number of hydrogen-bond acceptors (Lipinski definition) is 5. The highest BCUT2D eigenvalue weighted by Crippen LogP contribution is 2.53. The zero-order chi connectivity index (χ0) is 25.3. The Morgan fingerprint density at radius 3 is 2.60 bits per heavy atom. The number of carbonyl (C=O) groups is 3. The Morgan fingerprint density at radius 1 is 1.23 bits per heavy atom. The standard InChI is InChI=1S/C25H36ClN5O4/c1-17-22(33)31(14-13-30(17)24(35)27-19-6-4-5-18(26)15-19)20(23(34)28(2)3)7-11-29-12-10-25(8-9-25)21(32)16-29/h4-6,15,17,20-21,32H,7-14,16H2,1-3H3,(H,27,35)/t17-,20-,21+/m0/s1. The van der Waals surface area contributed by atoms with Gasteiger partial charge in [0, 0.05) is 51.0 Å². The maximum Gasteiger partial charge on any atom is 0.322 e.